The van der Waals surface area contributed by atoms with Crippen molar-refractivity contribution >= 4 is 15.7 Å². The number of hydrogen-bond donors (Lipinski definition) is 2. The van der Waals surface area contributed by atoms with Gasteiger partial charge < -0.3 is 5.32 Å². The molecule has 0 aliphatic carbocycles. The highest BCUT2D eigenvalue weighted by atomic mass is 32.2. The lowest BCUT2D eigenvalue weighted by molar-refractivity contribution is 0.569. The molecule has 0 bridgehead atoms. The van der Waals surface area contributed by atoms with Crippen LogP contribution < -0.4 is 10.0 Å². The fourth-order valence-electron chi connectivity index (χ4n) is 3.71. The van der Waals surface area contributed by atoms with Gasteiger partial charge in [-0.25, -0.2) is 13.1 Å². The molecule has 1 unspecified atom stereocenters. The highest BCUT2D eigenvalue weighted by molar-refractivity contribution is 7.89. The van der Waals surface area contributed by atoms with Gasteiger partial charge in [0.2, 0.25) is 10.0 Å². The van der Waals surface area contributed by atoms with Gasteiger partial charge in [0.05, 0.1) is 4.90 Å². The molecule has 1 aliphatic heterocycles. The zero-order valence-corrected chi connectivity index (χ0v) is 16.5. The van der Waals surface area contributed by atoms with E-state index in [1.54, 1.807) is 12.1 Å². The van der Waals surface area contributed by atoms with E-state index in [0.29, 0.717) is 17.4 Å². The summed E-state index contributed by atoms with van der Waals surface area (Å²) in [5.41, 5.74) is 4.62. The third kappa shape index (κ3) is 4.11. The van der Waals surface area contributed by atoms with Crippen molar-refractivity contribution in [3.8, 4) is 11.1 Å². The number of hydrogen-bond acceptors (Lipinski definition) is 3. The minimum absolute atomic E-state index is 0.306. The van der Waals surface area contributed by atoms with Gasteiger partial charge >= 0.3 is 0 Å². The molecule has 0 amide bonds. The van der Waals surface area contributed by atoms with Crippen molar-refractivity contribution in [2.24, 2.45) is 0 Å². The van der Waals surface area contributed by atoms with E-state index < -0.39 is 10.0 Å². The zero-order chi connectivity index (χ0) is 19.4. The number of benzene rings is 3. The molecule has 0 saturated carbocycles. The Morgan fingerprint density at radius 3 is 2.32 bits per heavy atom. The zero-order valence-electron chi connectivity index (χ0n) is 15.6. The van der Waals surface area contributed by atoms with Crippen molar-refractivity contribution in [3.63, 3.8) is 0 Å². The average Bonchev–Trinajstić information content (AvgIpc) is 3.15. The molecule has 1 heterocycles. The molecule has 1 atom stereocenters. The molecule has 4 nitrogen and oxygen atoms in total. The summed E-state index contributed by atoms with van der Waals surface area (Å²) in [6, 6.07) is 25.3. The van der Waals surface area contributed by atoms with E-state index in [2.05, 4.69) is 28.2 Å². The second-order valence-corrected chi connectivity index (χ2v) is 8.86. The number of sulfonamides is 1. The van der Waals surface area contributed by atoms with Crippen molar-refractivity contribution in [1.82, 2.24) is 4.72 Å². The molecule has 3 aromatic rings. The maximum atomic E-state index is 12.6. The van der Waals surface area contributed by atoms with Gasteiger partial charge in [0.25, 0.3) is 0 Å². The minimum Gasteiger partial charge on any atom is -0.384 e. The first-order valence-corrected chi connectivity index (χ1v) is 11.1. The van der Waals surface area contributed by atoms with Crippen molar-refractivity contribution in [3.05, 3.63) is 84.4 Å². The van der Waals surface area contributed by atoms with Crippen LogP contribution in [0.25, 0.3) is 11.1 Å². The van der Waals surface area contributed by atoms with Crippen LogP contribution in [-0.2, 0) is 10.0 Å². The molecular formula is C23H24N2O2S. The average molecular weight is 393 g/mol. The van der Waals surface area contributed by atoms with E-state index in [9.17, 15) is 8.42 Å². The van der Waals surface area contributed by atoms with E-state index in [-0.39, 0.29) is 0 Å². The Morgan fingerprint density at radius 1 is 0.857 bits per heavy atom. The molecule has 0 saturated heterocycles. The summed E-state index contributed by atoms with van der Waals surface area (Å²) in [5, 5.41) is 3.41. The molecule has 0 fully saturated rings. The van der Waals surface area contributed by atoms with Gasteiger partial charge in [0, 0.05) is 24.7 Å². The molecule has 4 rings (SSSR count). The van der Waals surface area contributed by atoms with Crippen molar-refractivity contribution in [1.29, 1.82) is 0 Å². The van der Waals surface area contributed by atoms with Crippen LogP contribution in [0.2, 0.25) is 0 Å². The van der Waals surface area contributed by atoms with E-state index in [0.717, 1.165) is 30.5 Å². The van der Waals surface area contributed by atoms with Crippen LogP contribution in [0.5, 0.6) is 0 Å². The topological polar surface area (TPSA) is 58.2 Å². The van der Waals surface area contributed by atoms with Crippen molar-refractivity contribution < 1.29 is 8.42 Å². The number of rotatable bonds is 7. The van der Waals surface area contributed by atoms with Gasteiger partial charge in [0.15, 0.2) is 0 Å². The highest BCUT2D eigenvalue weighted by Gasteiger charge is 2.21. The molecule has 3 aromatic carbocycles. The van der Waals surface area contributed by atoms with Gasteiger partial charge in [-0.05, 0) is 47.7 Å². The Balaban J connectivity index is 1.32. The van der Waals surface area contributed by atoms with Gasteiger partial charge in [-0.15, -0.1) is 0 Å². The summed E-state index contributed by atoms with van der Waals surface area (Å²) in [5.74, 6) is 0.450. The van der Waals surface area contributed by atoms with Crippen LogP contribution in [0.15, 0.2) is 83.8 Å². The molecule has 28 heavy (non-hydrogen) atoms. The minimum atomic E-state index is -3.48. The molecule has 5 heteroatoms. The second-order valence-electron chi connectivity index (χ2n) is 7.10. The Labute approximate surface area is 166 Å². The van der Waals surface area contributed by atoms with Crippen LogP contribution in [0.4, 0.5) is 5.69 Å². The fourth-order valence-corrected chi connectivity index (χ4v) is 4.78. The molecule has 0 radical (unpaired) electrons. The van der Waals surface area contributed by atoms with Gasteiger partial charge in [-0.3, -0.25) is 0 Å². The van der Waals surface area contributed by atoms with E-state index in [1.165, 1.54) is 11.3 Å². The molecule has 1 aliphatic rings. The third-order valence-electron chi connectivity index (χ3n) is 5.23. The normalized spacial score (nSPS) is 15.8. The number of fused-ring (bicyclic) bond motifs is 1. The molecule has 0 spiro atoms. The number of anilines is 1. The predicted molar refractivity (Wildman–Crippen MR) is 114 cm³/mol. The van der Waals surface area contributed by atoms with Crippen LogP contribution in [0.3, 0.4) is 0 Å². The monoisotopic (exact) mass is 392 g/mol. The Morgan fingerprint density at radius 2 is 1.54 bits per heavy atom. The fraction of sp³-hybridized carbons (Fsp3) is 0.217. The van der Waals surface area contributed by atoms with E-state index in [1.807, 2.05) is 48.5 Å². The summed E-state index contributed by atoms with van der Waals surface area (Å²) in [6.07, 6.45) is 1.77. The summed E-state index contributed by atoms with van der Waals surface area (Å²) < 4.78 is 27.8. The molecule has 2 N–H and O–H groups in total. The van der Waals surface area contributed by atoms with Crippen LogP contribution >= 0.6 is 0 Å². The number of nitrogens with one attached hydrogen (secondary N) is 2. The largest absolute Gasteiger partial charge is 0.384 e. The lowest BCUT2D eigenvalue weighted by Crippen LogP contribution is -2.25. The Bertz CT molecular complexity index is 1030. The maximum Gasteiger partial charge on any atom is 0.240 e. The molecular weight excluding hydrogens is 368 g/mol. The van der Waals surface area contributed by atoms with E-state index in [4.69, 9.17) is 0 Å². The first kappa shape index (κ1) is 18.7. The van der Waals surface area contributed by atoms with Gasteiger partial charge in [-0.1, -0.05) is 60.7 Å². The van der Waals surface area contributed by atoms with E-state index >= 15 is 0 Å². The van der Waals surface area contributed by atoms with Crippen molar-refractivity contribution in [2.75, 3.05) is 18.4 Å². The van der Waals surface area contributed by atoms with Crippen molar-refractivity contribution in [2.45, 2.75) is 23.7 Å². The lowest BCUT2D eigenvalue weighted by Gasteiger charge is -2.11. The quantitative estimate of drug-likeness (QED) is 0.577. The Kier molecular flexibility index (Phi) is 5.46. The molecule has 144 valence electrons. The van der Waals surface area contributed by atoms with Crippen LogP contribution in [0.1, 0.15) is 24.3 Å². The SMILES string of the molecule is O=S(=O)(NCCCC1CNc2ccccc21)c1ccc(-c2ccccc2)cc1. The first-order chi connectivity index (χ1) is 13.6. The van der Waals surface area contributed by atoms with Gasteiger partial charge in [-0.2, -0.15) is 0 Å². The second kappa shape index (κ2) is 8.17. The molecule has 0 aromatic heterocycles. The van der Waals surface area contributed by atoms with Crippen LogP contribution in [0, 0.1) is 0 Å². The standard InChI is InChI=1S/C23H24N2O2S/c26-28(27,21-14-12-19(13-15-21)18-7-2-1-3-8-18)25-16-6-9-20-17-24-23-11-5-4-10-22(20)23/h1-5,7-8,10-15,20,24-25H,6,9,16-17H2. The third-order valence-corrected chi connectivity index (χ3v) is 6.71. The maximum absolute atomic E-state index is 12.6. The summed E-state index contributed by atoms with van der Waals surface area (Å²) in [4.78, 5) is 0.306. The lowest BCUT2D eigenvalue weighted by atomic mass is 9.96. The van der Waals surface area contributed by atoms with Crippen LogP contribution in [-0.4, -0.2) is 21.5 Å². The highest BCUT2D eigenvalue weighted by Crippen LogP contribution is 2.33. The summed E-state index contributed by atoms with van der Waals surface area (Å²) in [6.45, 7) is 1.37. The number of para-hydroxylation sites is 1. The predicted octanol–water partition coefficient (Wildman–Crippen LogP) is 4.62. The summed E-state index contributed by atoms with van der Waals surface area (Å²) >= 11 is 0. The Hall–Kier alpha value is -2.63. The first-order valence-electron chi connectivity index (χ1n) is 9.61. The smallest absolute Gasteiger partial charge is 0.240 e. The van der Waals surface area contributed by atoms with Gasteiger partial charge in [0.1, 0.15) is 0 Å². The summed E-state index contributed by atoms with van der Waals surface area (Å²) in [7, 11) is -3.48.